The zero-order chi connectivity index (χ0) is 13.7. The van der Waals surface area contributed by atoms with Crippen molar-refractivity contribution in [3.8, 4) is 5.75 Å². The molecular formula is C16H25NO2. The second kappa shape index (κ2) is 6.40. The second-order valence-corrected chi connectivity index (χ2v) is 5.85. The summed E-state index contributed by atoms with van der Waals surface area (Å²) in [4.78, 5) is 0. The van der Waals surface area contributed by atoms with Gasteiger partial charge in [-0.1, -0.05) is 25.5 Å². The Kier molecular flexibility index (Phi) is 4.83. The van der Waals surface area contributed by atoms with E-state index in [-0.39, 0.29) is 0 Å². The van der Waals surface area contributed by atoms with Crippen molar-refractivity contribution in [2.75, 3.05) is 6.54 Å². The molecule has 0 unspecified atom stereocenters. The Morgan fingerprint density at radius 3 is 2.42 bits per heavy atom. The number of benzene rings is 1. The lowest BCUT2D eigenvalue weighted by molar-refractivity contribution is -0.00881. The standard InChI is InChI=1S/C16H25NO2/c1-2-13-7-9-16(19,10-8-13)12-17-11-14-3-5-15(18)6-4-14/h3-6,13,17-19H,2,7-12H2,1H3. The summed E-state index contributed by atoms with van der Waals surface area (Å²) in [5.74, 6) is 1.10. The molecule has 0 amide bonds. The van der Waals surface area contributed by atoms with Gasteiger partial charge in [-0.05, 0) is 49.3 Å². The smallest absolute Gasteiger partial charge is 0.115 e. The Morgan fingerprint density at radius 2 is 1.84 bits per heavy atom. The molecule has 2 rings (SSSR count). The Hall–Kier alpha value is -1.06. The van der Waals surface area contributed by atoms with Gasteiger partial charge in [0, 0.05) is 13.1 Å². The lowest BCUT2D eigenvalue weighted by atomic mass is 9.78. The summed E-state index contributed by atoms with van der Waals surface area (Å²) in [5.41, 5.74) is 0.603. The van der Waals surface area contributed by atoms with Crippen molar-refractivity contribution < 1.29 is 10.2 Å². The van der Waals surface area contributed by atoms with Crippen LogP contribution in [0.1, 0.15) is 44.6 Å². The SMILES string of the molecule is CCC1CCC(O)(CNCc2ccc(O)cc2)CC1. The number of phenols is 1. The number of nitrogens with one attached hydrogen (secondary N) is 1. The van der Waals surface area contributed by atoms with Crippen LogP contribution < -0.4 is 5.32 Å². The van der Waals surface area contributed by atoms with Crippen LogP contribution in [0.2, 0.25) is 0 Å². The van der Waals surface area contributed by atoms with E-state index < -0.39 is 5.60 Å². The first-order valence-corrected chi connectivity index (χ1v) is 7.32. The molecule has 1 aromatic rings. The number of aliphatic hydroxyl groups is 1. The first kappa shape index (κ1) is 14.4. The van der Waals surface area contributed by atoms with Gasteiger partial charge < -0.3 is 15.5 Å². The molecule has 0 heterocycles. The molecule has 0 atom stereocenters. The van der Waals surface area contributed by atoms with Gasteiger partial charge in [0.15, 0.2) is 0 Å². The number of phenolic OH excluding ortho intramolecular Hbond substituents is 1. The van der Waals surface area contributed by atoms with Crippen molar-refractivity contribution in [3.05, 3.63) is 29.8 Å². The summed E-state index contributed by atoms with van der Waals surface area (Å²) in [6, 6.07) is 7.19. The van der Waals surface area contributed by atoms with E-state index in [1.807, 2.05) is 12.1 Å². The summed E-state index contributed by atoms with van der Waals surface area (Å²) < 4.78 is 0. The van der Waals surface area contributed by atoms with Gasteiger partial charge in [0.05, 0.1) is 5.60 Å². The average Bonchev–Trinajstić information content (AvgIpc) is 2.42. The fraction of sp³-hybridized carbons (Fsp3) is 0.625. The Labute approximate surface area is 115 Å². The molecular weight excluding hydrogens is 238 g/mol. The molecule has 106 valence electrons. The molecule has 1 saturated carbocycles. The Balaban J connectivity index is 1.74. The first-order valence-electron chi connectivity index (χ1n) is 7.32. The van der Waals surface area contributed by atoms with Gasteiger partial charge in [0.25, 0.3) is 0 Å². The van der Waals surface area contributed by atoms with Crippen LogP contribution in [0.4, 0.5) is 0 Å². The number of hydrogen-bond acceptors (Lipinski definition) is 3. The predicted octanol–water partition coefficient (Wildman–Crippen LogP) is 2.81. The highest BCUT2D eigenvalue weighted by molar-refractivity contribution is 5.25. The molecule has 0 radical (unpaired) electrons. The molecule has 0 spiro atoms. The van der Waals surface area contributed by atoms with Crippen LogP contribution in [-0.4, -0.2) is 22.4 Å². The summed E-state index contributed by atoms with van der Waals surface area (Å²) in [5, 5.41) is 23.1. The maximum atomic E-state index is 10.5. The highest BCUT2D eigenvalue weighted by atomic mass is 16.3. The highest BCUT2D eigenvalue weighted by Gasteiger charge is 2.31. The minimum Gasteiger partial charge on any atom is -0.508 e. The maximum Gasteiger partial charge on any atom is 0.115 e. The van der Waals surface area contributed by atoms with E-state index in [0.717, 1.165) is 43.7 Å². The van der Waals surface area contributed by atoms with E-state index in [1.54, 1.807) is 12.1 Å². The van der Waals surface area contributed by atoms with Crippen LogP contribution in [0.15, 0.2) is 24.3 Å². The molecule has 1 fully saturated rings. The maximum absolute atomic E-state index is 10.5. The first-order chi connectivity index (χ1) is 9.11. The molecule has 0 saturated heterocycles. The molecule has 3 heteroatoms. The zero-order valence-electron chi connectivity index (χ0n) is 11.7. The summed E-state index contributed by atoms with van der Waals surface area (Å²) in [7, 11) is 0. The molecule has 0 aromatic heterocycles. The van der Waals surface area contributed by atoms with Crippen LogP contribution >= 0.6 is 0 Å². The van der Waals surface area contributed by atoms with Gasteiger partial charge in [-0.3, -0.25) is 0 Å². The van der Waals surface area contributed by atoms with Crippen LogP contribution in [-0.2, 0) is 6.54 Å². The van der Waals surface area contributed by atoms with Gasteiger partial charge in [-0.15, -0.1) is 0 Å². The van der Waals surface area contributed by atoms with Crippen molar-refractivity contribution in [1.29, 1.82) is 0 Å². The summed E-state index contributed by atoms with van der Waals surface area (Å²) >= 11 is 0. The van der Waals surface area contributed by atoms with E-state index in [4.69, 9.17) is 0 Å². The third-order valence-electron chi connectivity index (χ3n) is 4.33. The number of rotatable bonds is 5. The van der Waals surface area contributed by atoms with Crippen molar-refractivity contribution in [2.45, 2.75) is 51.2 Å². The molecule has 3 N–H and O–H groups in total. The Bertz CT molecular complexity index is 380. The fourth-order valence-corrected chi connectivity index (χ4v) is 2.85. The summed E-state index contributed by atoms with van der Waals surface area (Å²) in [6.45, 7) is 3.63. The van der Waals surface area contributed by atoms with E-state index >= 15 is 0 Å². The van der Waals surface area contributed by atoms with E-state index in [2.05, 4.69) is 12.2 Å². The topological polar surface area (TPSA) is 52.5 Å². The minimum absolute atomic E-state index is 0.292. The number of hydrogen-bond donors (Lipinski definition) is 3. The van der Waals surface area contributed by atoms with Crippen LogP contribution in [0, 0.1) is 5.92 Å². The minimum atomic E-state index is -0.525. The van der Waals surface area contributed by atoms with E-state index in [1.165, 1.54) is 6.42 Å². The van der Waals surface area contributed by atoms with Crippen LogP contribution in [0.25, 0.3) is 0 Å². The fourth-order valence-electron chi connectivity index (χ4n) is 2.85. The zero-order valence-corrected chi connectivity index (χ0v) is 11.7. The lowest BCUT2D eigenvalue weighted by Crippen LogP contribution is -2.43. The third kappa shape index (κ3) is 4.22. The van der Waals surface area contributed by atoms with Crippen molar-refractivity contribution in [1.82, 2.24) is 5.32 Å². The van der Waals surface area contributed by atoms with Gasteiger partial charge >= 0.3 is 0 Å². The molecule has 1 aliphatic carbocycles. The van der Waals surface area contributed by atoms with E-state index in [9.17, 15) is 10.2 Å². The van der Waals surface area contributed by atoms with Gasteiger partial charge in [0.1, 0.15) is 5.75 Å². The largest absolute Gasteiger partial charge is 0.508 e. The van der Waals surface area contributed by atoms with Gasteiger partial charge in [0.2, 0.25) is 0 Å². The summed E-state index contributed by atoms with van der Waals surface area (Å²) in [6.07, 6.45) is 5.35. The molecule has 0 bridgehead atoms. The monoisotopic (exact) mass is 263 g/mol. The van der Waals surface area contributed by atoms with Crippen molar-refractivity contribution >= 4 is 0 Å². The molecule has 0 aliphatic heterocycles. The lowest BCUT2D eigenvalue weighted by Gasteiger charge is -2.36. The average molecular weight is 263 g/mol. The third-order valence-corrected chi connectivity index (χ3v) is 4.33. The van der Waals surface area contributed by atoms with Crippen molar-refractivity contribution in [3.63, 3.8) is 0 Å². The van der Waals surface area contributed by atoms with Gasteiger partial charge in [-0.2, -0.15) is 0 Å². The van der Waals surface area contributed by atoms with Gasteiger partial charge in [-0.25, -0.2) is 0 Å². The quantitative estimate of drug-likeness (QED) is 0.765. The van der Waals surface area contributed by atoms with Crippen LogP contribution in [0.3, 0.4) is 0 Å². The molecule has 19 heavy (non-hydrogen) atoms. The predicted molar refractivity (Wildman–Crippen MR) is 77.0 cm³/mol. The van der Waals surface area contributed by atoms with Crippen molar-refractivity contribution in [2.24, 2.45) is 5.92 Å². The molecule has 3 nitrogen and oxygen atoms in total. The molecule has 1 aliphatic rings. The highest BCUT2D eigenvalue weighted by Crippen LogP contribution is 2.33. The van der Waals surface area contributed by atoms with Crippen LogP contribution in [0.5, 0.6) is 5.75 Å². The Morgan fingerprint density at radius 1 is 1.21 bits per heavy atom. The number of aromatic hydroxyl groups is 1. The second-order valence-electron chi connectivity index (χ2n) is 5.85. The molecule has 1 aromatic carbocycles. The normalized spacial score (nSPS) is 27.4. The van der Waals surface area contributed by atoms with E-state index in [0.29, 0.717) is 12.3 Å².